The lowest BCUT2D eigenvalue weighted by Gasteiger charge is -2.10. The van der Waals surface area contributed by atoms with Crippen LogP contribution in [0, 0.1) is 0 Å². The van der Waals surface area contributed by atoms with Gasteiger partial charge in [-0.1, -0.05) is 30.3 Å². The van der Waals surface area contributed by atoms with Crippen molar-refractivity contribution in [2.75, 3.05) is 0 Å². The smallest absolute Gasteiger partial charge is 0.287 e. The zero-order valence-electron chi connectivity index (χ0n) is 13.1. The molecule has 1 aliphatic rings. The topological polar surface area (TPSA) is 68.2 Å². The Kier molecular flexibility index (Phi) is 3.89. The zero-order valence-corrected chi connectivity index (χ0v) is 14.0. The molecule has 3 aromatic rings. The summed E-state index contributed by atoms with van der Waals surface area (Å²) in [6.45, 7) is 0. The van der Waals surface area contributed by atoms with Crippen molar-refractivity contribution in [3.05, 3.63) is 71.9 Å². The SMILES string of the molecule is O=C1NC(Cc2cccc3c2ccn3C(=O)c2ccccc2)C(=O)S1. The number of aromatic nitrogens is 1. The monoisotopic (exact) mass is 350 g/mol. The first-order chi connectivity index (χ1) is 12.1. The van der Waals surface area contributed by atoms with E-state index in [1.807, 2.05) is 42.5 Å². The van der Waals surface area contributed by atoms with Crippen LogP contribution in [0.1, 0.15) is 15.9 Å². The van der Waals surface area contributed by atoms with Crippen LogP contribution < -0.4 is 5.32 Å². The summed E-state index contributed by atoms with van der Waals surface area (Å²) in [7, 11) is 0. The molecule has 1 aliphatic heterocycles. The number of thioether (sulfide) groups is 1. The summed E-state index contributed by atoms with van der Waals surface area (Å²) >= 11 is 0.712. The number of hydrogen-bond donors (Lipinski definition) is 1. The summed E-state index contributed by atoms with van der Waals surface area (Å²) in [5, 5.41) is 3.11. The molecule has 0 saturated carbocycles. The fourth-order valence-electron chi connectivity index (χ4n) is 3.05. The average Bonchev–Trinajstić information content (AvgIpc) is 3.19. The first-order valence-corrected chi connectivity index (χ1v) is 8.66. The molecule has 4 rings (SSSR count). The van der Waals surface area contributed by atoms with E-state index in [4.69, 9.17) is 0 Å². The van der Waals surface area contributed by atoms with Gasteiger partial charge in [0.15, 0.2) is 0 Å². The summed E-state index contributed by atoms with van der Waals surface area (Å²) in [4.78, 5) is 35.9. The minimum atomic E-state index is -0.517. The van der Waals surface area contributed by atoms with Crippen LogP contribution >= 0.6 is 11.8 Å². The molecular weight excluding hydrogens is 336 g/mol. The lowest BCUT2D eigenvalue weighted by molar-refractivity contribution is -0.112. The molecule has 1 atom stereocenters. The van der Waals surface area contributed by atoms with E-state index in [9.17, 15) is 14.4 Å². The van der Waals surface area contributed by atoms with Gasteiger partial charge in [0.1, 0.15) is 6.04 Å². The van der Waals surface area contributed by atoms with Crippen molar-refractivity contribution >= 4 is 38.9 Å². The average molecular weight is 350 g/mol. The van der Waals surface area contributed by atoms with Crippen LogP contribution in [-0.2, 0) is 11.2 Å². The number of benzene rings is 2. The van der Waals surface area contributed by atoms with Gasteiger partial charge in [0.2, 0.25) is 5.12 Å². The largest absolute Gasteiger partial charge is 0.335 e. The fourth-order valence-corrected chi connectivity index (χ4v) is 3.72. The Morgan fingerprint density at radius 1 is 1.04 bits per heavy atom. The Morgan fingerprint density at radius 2 is 1.84 bits per heavy atom. The van der Waals surface area contributed by atoms with Crippen LogP contribution in [0.3, 0.4) is 0 Å². The van der Waals surface area contributed by atoms with Crippen LogP contribution in [0.15, 0.2) is 60.8 Å². The minimum absolute atomic E-state index is 0.103. The molecule has 0 bridgehead atoms. The Bertz CT molecular complexity index is 994. The molecule has 2 heterocycles. The van der Waals surface area contributed by atoms with Crippen LogP contribution in [-0.4, -0.2) is 26.9 Å². The quantitative estimate of drug-likeness (QED) is 0.787. The highest BCUT2D eigenvalue weighted by Gasteiger charge is 2.31. The molecule has 1 unspecified atom stereocenters. The van der Waals surface area contributed by atoms with Gasteiger partial charge in [-0.15, -0.1) is 0 Å². The third kappa shape index (κ3) is 2.85. The Hall–Kier alpha value is -2.86. The van der Waals surface area contributed by atoms with E-state index in [0.29, 0.717) is 23.7 Å². The van der Waals surface area contributed by atoms with Gasteiger partial charge in [0.25, 0.3) is 11.1 Å². The maximum atomic E-state index is 12.7. The highest BCUT2D eigenvalue weighted by molar-refractivity contribution is 8.26. The summed E-state index contributed by atoms with van der Waals surface area (Å²) < 4.78 is 1.61. The standard InChI is InChI=1S/C19H14N2O3S/c22-17(12-5-2-1-3-6-12)21-10-9-14-13(7-4-8-16(14)21)11-15-18(23)25-19(24)20-15/h1-10,15H,11H2,(H,20,24). The van der Waals surface area contributed by atoms with Gasteiger partial charge < -0.3 is 5.32 Å². The van der Waals surface area contributed by atoms with Crippen molar-refractivity contribution in [3.8, 4) is 0 Å². The van der Waals surface area contributed by atoms with Gasteiger partial charge in [0.05, 0.1) is 5.52 Å². The fraction of sp³-hybridized carbons (Fsp3) is 0.105. The first-order valence-electron chi connectivity index (χ1n) is 7.84. The lowest BCUT2D eigenvalue weighted by atomic mass is 10.0. The van der Waals surface area contributed by atoms with Crippen molar-refractivity contribution in [3.63, 3.8) is 0 Å². The van der Waals surface area contributed by atoms with Crippen molar-refractivity contribution in [2.45, 2.75) is 12.5 Å². The number of rotatable bonds is 3. The van der Waals surface area contributed by atoms with Gasteiger partial charge in [0, 0.05) is 35.3 Å². The Morgan fingerprint density at radius 3 is 2.56 bits per heavy atom. The van der Waals surface area contributed by atoms with Crippen molar-refractivity contribution < 1.29 is 14.4 Å². The highest BCUT2D eigenvalue weighted by atomic mass is 32.2. The van der Waals surface area contributed by atoms with Crippen LogP contribution in [0.2, 0.25) is 0 Å². The normalized spacial score (nSPS) is 17.0. The van der Waals surface area contributed by atoms with Gasteiger partial charge in [-0.05, 0) is 29.8 Å². The van der Waals surface area contributed by atoms with E-state index in [-0.39, 0.29) is 16.3 Å². The predicted molar refractivity (Wildman–Crippen MR) is 96.7 cm³/mol. The highest BCUT2D eigenvalue weighted by Crippen LogP contribution is 2.25. The van der Waals surface area contributed by atoms with Gasteiger partial charge in [-0.25, -0.2) is 0 Å². The second-order valence-corrected chi connectivity index (χ2v) is 6.79. The molecule has 1 aromatic heterocycles. The molecule has 5 nitrogen and oxygen atoms in total. The maximum absolute atomic E-state index is 12.7. The maximum Gasteiger partial charge on any atom is 0.287 e. The molecule has 1 N–H and O–H groups in total. The predicted octanol–water partition coefficient (Wildman–Crippen LogP) is 3.22. The molecule has 124 valence electrons. The number of amides is 1. The Balaban J connectivity index is 1.70. The number of carbonyl (C=O) groups is 3. The summed E-state index contributed by atoms with van der Waals surface area (Å²) in [5.41, 5.74) is 2.33. The van der Waals surface area contributed by atoms with Gasteiger partial charge in [-0.3, -0.25) is 19.0 Å². The van der Waals surface area contributed by atoms with E-state index < -0.39 is 6.04 Å². The first kappa shape index (κ1) is 15.7. The van der Waals surface area contributed by atoms with Gasteiger partial charge >= 0.3 is 0 Å². The van der Waals surface area contributed by atoms with E-state index in [1.165, 1.54) is 0 Å². The van der Waals surface area contributed by atoms with E-state index >= 15 is 0 Å². The van der Waals surface area contributed by atoms with Crippen molar-refractivity contribution in [1.82, 2.24) is 9.88 Å². The molecule has 0 spiro atoms. The number of carbonyl (C=O) groups excluding carboxylic acids is 3. The van der Waals surface area contributed by atoms with E-state index in [2.05, 4.69) is 5.32 Å². The van der Waals surface area contributed by atoms with Crippen LogP contribution in [0.5, 0.6) is 0 Å². The number of hydrogen-bond acceptors (Lipinski definition) is 4. The number of fused-ring (bicyclic) bond motifs is 1. The Labute approximate surface area is 148 Å². The van der Waals surface area contributed by atoms with E-state index in [1.54, 1.807) is 22.9 Å². The molecule has 0 radical (unpaired) electrons. The summed E-state index contributed by atoms with van der Waals surface area (Å²) in [5.74, 6) is -0.103. The molecular formula is C19H14N2O3S. The number of nitrogens with one attached hydrogen (secondary N) is 1. The molecule has 1 fully saturated rings. The van der Waals surface area contributed by atoms with Crippen molar-refractivity contribution in [1.29, 1.82) is 0 Å². The summed E-state index contributed by atoms with van der Waals surface area (Å²) in [6, 6.07) is 16.1. The molecule has 1 amide bonds. The molecule has 25 heavy (non-hydrogen) atoms. The molecule has 1 saturated heterocycles. The lowest BCUT2D eigenvalue weighted by Crippen LogP contribution is -2.30. The summed E-state index contributed by atoms with van der Waals surface area (Å²) in [6.07, 6.45) is 2.16. The zero-order chi connectivity index (χ0) is 17.4. The third-order valence-corrected chi connectivity index (χ3v) is 5.05. The number of nitrogens with zero attached hydrogens (tertiary/aromatic N) is 1. The molecule has 6 heteroatoms. The van der Waals surface area contributed by atoms with Crippen molar-refractivity contribution in [2.24, 2.45) is 0 Å². The molecule has 2 aromatic carbocycles. The van der Waals surface area contributed by atoms with Crippen LogP contribution in [0.4, 0.5) is 4.79 Å². The van der Waals surface area contributed by atoms with Crippen LogP contribution in [0.25, 0.3) is 10.9 Å². The second kappa shape index (κ2) is 6.22. The third-order valence-electron chi connectivity index (χ3n) is 4.26. The van der Waals surface area contributed by atoms with E-state index in [0.717, 1.165) is 16.5 Å². The van der Waals surface area contributed by atoms with Gasteiger partial charge in [-0.2, -0.15) is 0 Å². The minimum Gasteiger partial charge on any atom is -0.335 e. The molecule has 0 aliphatic carbocycles. The second-order valence-electron chi connectivity index (χ2n) is 5.82.